The molecule has 3 aromatic rings. The molecule has 1 N–H and O–H groups in total. The summed E-state index contributed by atoms with van der Waals surface area (Å²) in [6.45, 7) is 0.217. The molecule has 0 aliphatic carbocycles. The Balaban J connectivity index is 1.77. The number of hydrogen-bond acceptors (Lipinski definition) is 8. The minimum Gasteiger partial charge on any atom is -0.493 e. The van der Waals surface area contributed by atoms with E-state index in [1.807, 2.05) is 18.2 Å². The molecule has 3 rings (SSSR count). The van der Waals surface area contributed by atoms with Gasteiger partial charge in [0.2, 0.25) is 5.82 Å². The van der Waals surface area contributed by atoms with Crippen LogP contribution in [0.3, 0.4) is 0 Å². The van der Waals surface area contributed by atoms with Crippen molar-refractivity contribution in [3.05, 3.63) is 85.1 Å². The summed E-state index contributed by atoms with van der Waals surface area (Å²) in [5.74, 6) is 1.08. The van der Waals surface area contributed by atoms with Gasteiger partial charge in [0, 0.05) is 17.8 Å². The van der Waals surface area contributed by atoms with Gasteiger partial charge in [-0.15, -0.1) is 0 Å². The van der Waals surface area contributed by atoms with Crippen molar-refractivity contribution in [2.75, 3.05) is 12.5 Å². The van der Waals surface area contributed by atoms with Gasteiger partial charge in [-0.05, 0) is 52.4 Å². The van der Waals surface area contributed by atoms with Crippen LogP contribution in [0, 0.1) is 25.0 Å². The van der Waals surface area contributed by atoms with E-state index in [0.717, 1.165) is 9.13 Å². The van der Waals surface area contributed by atoms with Gasteiger partial charge in [-0.25, -0.2) is 4.98 Å². The number of methoxy groups -OCH3 is 1. The lowest BCUT2D eigenvalue weighted by Crippen LogP contribution is -2.03. The van der Waals surface area contributed by atoms with Crippen molar-refractivity contribution >= 4 is 40.3 Å². The Morgan fingerprint density at radius 2 is 2.13 bits per heavy atom. The highest BCUT2D eigenvalue weighted by Gasteiger charge is 2.14. The van der Waals surface area contributed by atoms with E-state index in [0.29, 0.717) is 22.6 Å². The third kappa shape index (κ3) is 5.46. The summed E-state index contributed by atoms with van der Waals surface area (Å²) in [5, 5.41) is 24.3. The molecule has 1 heterocycles. The molecular formula is C21H16IN5O4. The smallest absolute Gasteiger partial charge is 0.313 e. The Hall–Kier alpha value is -3.72. The number of nitro groups is 1. The van der Waals surface area contributed by atoms with Crippen LogP contribution in [0.5, 0.6) is 11.5 Å². The summed E-state index contributed by atoms with van der Waals surface area (Å²) in [6.07, 6.45) is 2.94. The molecule has 0 saturated heterocycles. The predicted octanol–water partition coefficient (Wildman–Crippen LogP) is 4.50. The van der Waals surface area contributed by atoms with Crippen LogP contribution in [-0.2, 0) is 6.61 Å². The van der Waals surface area contributed by atoms with Gasteiger partial charge in [-0.2, -0.15) is 10.4 Å². The Labute approximate surface area is 191 Å². The third-order valence-corrected chi connectivity index (χ3v) is 4.93. The van der Waals surface area contributed by atoms with Crippen LogP contribution < -0.4 is 14.9 Å². The first-order valence-electron chi connectivity index (χ1n) is 8.90. The molecule has 31 heavy (non-hydrogen) atoms. The molecule has 0 radical (unpaired) electrons. The first kappa shape index (κ1) is 22.0. The predicted molar refractivity (Wildman–Crippen MR) is 123 cm³/mol. The van der Waals surface area contributed by atoms with Gasteiger partial charge in [0.25, 0.3) is 0 Å². The lowest BCUT2D eigenvalue weighted by molar-refractivity contribution is -0.384. The van der Waals surface area contributed by atoms with Gasteiger partial charge in [-0.1, -0.05) is 18.2 Å². The van der Waals surface area contributed by atoms with E-state index in [4.69, 9.17) is 9.47 Å². The van der Waals surface area contributed by atoms with Crippen molar-refractivity contribution in [2.45, 2.75) is 6.61 Å². The van der Waals surface area contributed by atoms with E-state index in [-0.39, 0.29) is 18.1 Å². The highest BCUT2D eigenvalue weighted by Crippen LogP contribution is 2.34. The molecule has 0 fully saturated rings. The van der Waals surface area contributed by atoms with Crippen LogP contribution >= 0.6 is 22.6 Å². The fourth-order valence-electron chi connectivity index (χ4n) is 2.66. The molecule has 0 unspecified atom stereocenters. The average Bonchev–Trinajstić information content (AvgIpc) is 2.78. The van der Waals surface area contributed by atoms with Crippen LogP contribution in [0.1, 0.15) is 16.7 Å². The molecular weight excluding hydrogens is 513 g/mol. The van der Waals surface area contributed by atoms with Gasteiger partial charge in [0.15, 0.2) is 11.5 Å². The normalized spacial score (nSPS) is 10.5. The minimum atomic E-state index is -0.534. The fourth-order valence-corrected chi connectivity index (χ4v) is 3.44. The number of aromatic nitrogens is 1. The van der Waals surface area contributed by atoms with Crippen LogP contribution in [0.15, 0.2) is 59.8 Å². The molecule has 0 bridgehead atoms. The quantitative estimate of drug-likeness (QED) is 0.197. The molecule has 0 aliphatic rings. The number of benzene rings is 2. The van der Waals surface area contributed by atoms with Crippen molar-refractivity contribution < 1.29 is 14.4 Å². The van der Waals surface area contributed by atoms with Gasteiger partial charge in [-0.3, -0.25) is 15.5 Å². The number of rotatable bonds is 8. The summed E-state index contributed by atoms with van der Waals surface area (Å²) in [7, 11) is 1.53. The van der Waals surface area contributed by atoms with E-state index < -0.39 is 4.92 Å². The second kappa shape index (κ2) is 10.4. The Kier molecular flexibility index (Phi) is 7.34. The van der Waals surface area contributed by atoms with Crippen LogP contribution in [-0.4, -0.2) is 23.2 Å². The number of pyridine rings is 1. The molecule has 0 spiro atoms. The number of nitriles is 1. The van der Waals surface area contributed by atoms with E-state index in [1.165, 1.54) is 31.7 Å². The highest BCUT2D eigenvalue weighted by atomic mass is 127. The van der Waals surface area contributed by atoms with Crippen LogP contribution in [0.25, 0.3) is 0 Å². The summed E-state index contributed by atoms with van der Waals surface area (Å²) < 4.78 is 12.2. The largest absolute Gasteiger partial charge is 0.493 e. The molecule has 0 amide bonds. The number of hydrogen-bond donors (Lipinski definition) is 1. The van der Waals surface area contributed by atoms with Gasteiger partial charge in [0.05, 0.1) is 33.5 Å². The van der Waals surface area contributed by atoms with E-state index >= 15 is 0 Å². The lowest BCUT2D eigenvalue weighted by atomic mass is 10.1. The first-order valence-corrected chi connectivity index (χ1v) is 9.98. The van der Waals surface area contributed by atoms with Crippen molar-refractivity contribution in [2.24, 2.45) is 5.10 Å². The number of halogens is 1. The van der Waals surface area contributed by atoms with Crippen molar-refractivity contribution in [3.8, 4) is 17.6 Å². The third-order valence-electron chi connectivity index (χ3n) is 4.13. The Morgan fingerprint density at radius 1 is 1.32 bits per heavy atom. The summed E-state index contributed by atoms with van der Waals surface area (Å²) in [6, 6.07) is 15.7. The molecule has 1 aromatic heterocycles. The molecule has 0 saturated carbocycles. The molecule has 9 nitrogen and oxygen atoms in total. The lowest BCUT2D eigenvalue weighted by Gasteiger charge is -2.14. The number of hydrazone groups is 1. The SMILES string of the molecule is COc1cc(/C=N\Nc2ncccc2[N+](=O)[O-])cc(I)c1OCc1ccccc1C#N. The summed E-state index contributed by atoms with van der Waals surface area (Å²) in [4.78, 5) is 14.4. The van der Waals surface area contributed by atoms with Gasteiger partial charge in [0.1, 0.15) is 6.61 Å². The zero-order valence-corrected chi connectivity index (χ0v) is 18.4. The maximum atomic E-state index is 11.0. The average molecular weight is 529 g/mol. The molecule has 2 aromatic carbocycles. The van der Waals surface area contributed by atoms with Crippen molar-refractivity contribution in [3.63, 3.8) is 0 Å². The highest BCUT2D eigenvalue weighted by molar-refractivity contribution is 14.1. The summed E-state index contributed by atoms with van der Waals surface area (Å²) >= 11 is 2.12. The zero-order valence-electron chi connectivity index (χ0n) is 16.3. The first-order chi connectivity index (χ1) is 15.0. The van der Waals surface area contributed by atoms with Crippen LogP contribution in [0.2, 0.25) is 0 Å². The van der Waals surface area contributed by atoms with Gasteiger partial charge >= 0.3 is 5.69 Å². The maximum absolute atomic E-state index is 11.0. The standard InChI is InChI=1S/C21H16IN5O4/c1-30-19-10-14(12-25-26-21-18(27(28)29)7-4-8-24-21)9-17(22)20(19)31-13-16-6-3-2-5-15(16)11-23/h2-10,12H,13H2,1H3,(H,24,26)/b25-12-. The number of ether oxygens (including phenoxy) is 2. The number of nitrogens with zero attached hydrogens (tertiary/aromatic N) is 4. The molecule has 0 atom stereocenters. The van der Waals surface area contributed by atoms with Crippen molar-refractivity contribution in [1.82, 2.24) is 4.98 Å². The topological polar surface area (TPSA) is 123 Å². The second-order valence-corrected chi connectivity index (χ2v) is 7.25. The summed E-state index contributed by atoms with van der Waals surface area (Å²) in [5.41, 5.74) is 4.43. The minimum absolute atomic E-state index is 0.0431. The second-order valence-electron chi connectivity index (χ2n) is 6.09. The Bertz CT molecular complexity index is 1180. The van der Waals surface area contributed by atoms with E-state index in [9.17, 15) is 15.4 Å². The fraction of sp³-hybridized carbons (Fsp3) is 0.0952. The molecule has 10 heteroatoms. The monoisotopic (exact) mass is 529 g/mol. The zero-order chi connectivity index (χ0) is 22.2. The van der Waals surface area contributed by atoms with Gasteiger partial charge < -0.3 is 9.47 Å². The Morgan fingerprint density at radius 3 is 2.87 bits per heavy atom. The van der Waals surface area contributed by atoms with E-state index in [2.05, 4.69) is 44.2 Å². The molecule has 0 aliphatic heterocycles. The molecule has 156 valence electrons. The number of anilines is 1. The van der Waals surface area contributed by atoms with E-state index in [1.54, 1.807) is 18.2 Å². The maximum Gasteiger partial charge on any atom is 0.313 e. The number of nitrogens with one attached hydrogen (secondary N) is 1. The van der Waals surface area contributed by atoms with Crippen LogP contribution in [0.4, 0.5) is 11.5 Å². The van der Waals surface area contributed by atoms with Crippen molar-refractivity contribution in [1.29, 1.82) is 5.26 Å².